The van der Waals surface area contributed by atoms with Gasteiger partial charge >= 0.3 is 0 Å². The summed E-state index contributed by atoms with van der Waals surface area (Å²) < 4.78 is 5.60. The number of benzene rings is 1. The standard InChI is InChI=1S/C12H9Cl2O/c13-9-6-10(14)8-12(7-9)15-11-4-2-1-3-5-11/h1-2,4-8H,3H2. The van der Waals surface area contributed by atoms with Crippen molar-refractivity contribution in [3.8, 4) is 5.75 Å². The van der Waals surface area contributed by atoms with Gasteiger partial charge in [-0.3, -0.25) is 0 Å². The van der Waals surface area contributed by atoms with E-state index in [-0.39, 0.29) is 0 Å². The second-order valence-electron chi connectivity index (χ2n) is 3.14. The van der Waals surface area contributed by atoms with E-state index in [0.717, 1.165) is 12.2 Å². The van der Waals surface area contributed by atoms with Crippen LogP contribution in [0, 0.1) is 6.42 Å². The van der Waals surface area contributed by atoms with Gasteiger partial charge in [-0.2, -0.15) is 0 Å². The zero-order chi connectivity index (χ0) is 10.7. The lowest BCUT2D eigenvalue weighted by molar-refractivity contribution is 0.441. The molecule has 1 radical (unpaired) electrons. The van der Waals surface area contributed by atoms with Crippen molar-refractivity contribution < 1.29 is 4.74 Å². The zero-order valence-electron chi connectivity index (χ0n) is 7.91. The van der Waals surface area contributed by atoms with Crippen LogP contribution in [0.4, 0.5) is 0 Å². The van der Waals surface area contributed by atoms with Crippen molar-refractivity contribution in [3.05, 3.63) is 58.7 Å². The second-order valence-corrected chi connectivity index (χ2v) is 4.02. The van der Waals surface area contributed by atoms with Gasteiger partial charge in [-0.1, -0.05) is 29.3 Å². The van der Waals surface area contributed by atoms with Crippen molar-refractivity contribution in [1.29, 1.82) is 0 Å². The van der Waals surface area contributed by atoms with Crippen molar-refractivity contribution in [2.45, 2.75) is 6.42 Å². The van der Waals surface area contributed by atoms with Gasteiger partial charge in [-0.25, -0.2) is 0 Å². The highest BCUT2D eigenvalue weighted by atomic mass is 35.5. The summed E-state index contributed by atoms with van der Waals surface area (Å²) in [7, 11) is 0. The number of ether oxygens (including phenoxy) is 1. The molecule has 1 aromatic carbocycles. The Bertz CT molecular complexity index is 401. The zero-order valence-corrected chi connectivity index (χ0v) is 9.42. The topological polar surface area (TPSA) is 9.23 Å². The van der Waals surface area contributed by atoms with Crippen LogP contribution in [-0.4, -0.2) is 0 Å². The fraction of sp³-hybridized carbons (Fsp3) is 0.0833. The first kappa shape index (κ1) is 10.6. The molecule has 0 aliphatic heterocycles. The molecule has 15 heavy (non-hydrogen) atoms. The molecule has 0 amide bonds. The van der Waals surface area contributed by atoms with Crippen molar-refractivity contribution in [3.63, 3.8) is 0 Å². The minimum atomic E-state index is 0.574. The normalized spacial score (nSPS) is 14.9. The predicted molar refractivity (Wildman–Crippen MR) is 63.2 cm³/mol. The highest BCUT2D eigenvalue weighted by Crippen LogP contribution is 2.26. The Morgan fingerprint density at radius 3 is 2.40 bits per heavy atom. The Labute approximate surface area is 99.0 Å². The number of hydrogen-bond acceptors (Lipinski definition) is 1. The third kappa shape index (κ3) is 3.01. The minimum absolute atomic E-state index is 0.574. The van der Waals surface area contributed by atoms with Crippen LogP contribution in [0.1, 0.15) is 6.42 Å². The van der Waals surface area contributed by atoms with Gasteiger partial charge in [0.05, 0.1) is 0 Å². The van der Waals surface area contributed by atoms with Crippen LogP contribution in [0.2, 0.25) is 10.0 Å². The van der Waals surface area contributed by atoms with Crippen LogP contribution in [0.25, 0.3) is 0 Å². The smallest absolute Gasteiger partial charge is 0.130 e. The quantitative estimate of drug-likeness (QED) is 0.743. The highest BCUT2D eigenvalue weighted by molar-refractivity contribution is 6.34. The maximum atomic E-state index is 5.86. The first-order valence-corrected chi connectivity index (χ1v) is 5.33. The van der Waals surface area contributed by atoms with E-state index in [4.69, 9.17) is 27.9 Å². The molecule has 77 valence electrons. The van der Waals surface area contributed by atoms with Gasteiger partial charge < -0.3 is 4.74 Å². The lowest BCUT2D eigenvalue weighted by Gasteiger charge is -2.09. The number of allylic oxidation sites excluding steroid dienone is 3. The van der Waals surface area contributed by atoms with Crippen molar-refractivity contribution in [2.24, 2.45) is 0 Å². The largest absolute Gasteiger partial charge is 0.458 e. The molecule has 1 aromatic rings. The maximum absolute atomic E-state index is 5.86. The van der Waals surface area contributed by atoms with E-state index in [2.05, 4.69) is 6.42 Å². The molecule has 0 atom stereocenters. The van der Waals surface area contributed by atoms with E-state index < -0.39 is 0 Å². The maximum Gasteiger partial charge on any atom is 0.130 e. The van der Waals surface area contributed by atoms with Crippen LogP contribution in [-0.2, 0) is 0 Å². The number of hydrogen-bond donors (Lipinski definition) is 0. The summed E-state index contributed by atoms with van der Waals surface area (Å²) in [5, 5.41) is 1.15. The van der Waals surface area contributed by atoms with E-state index in [9.17, 15) is 0 Å². The van der Waals surface area contributed by atoms with Gasteiger partial charge in [0.15, 0.2) is 0 Å². The van der Waals surface area contributed by atoms with E-state index in [1.165, 1.54) is 0 Å². The summed E-state index contributed by atoms with van der Waals surface area (Å²) in [5.74, 6) is 1.47. The Morgan fingerprint density at radius 2 is 1.80 bits per heavy atom. The Hall–Kier alpha value is -0.920. The molecule has 3 heteroatoms. The molecule has 0 unspecified atom stereocenters. The average Bonchev–Trinajstić information content (AvgIpc) is 2.17. The van der Waals surface area contributed by atoms with Crippen LogP contribution >= 0.6 is 23.2 Å². The molecule has 0 aromatic heterocycles. The number of rotatable bonds is 2. The fourth-order valence-corrected chi connectivity index (χ4v) is 1.80. The average molecular weight is 240 g/mol. The minimum Gasteiger partial charge on any atom is -0.458 e. The van der Waals surface area contributed by atoms with Crippen molar-refractivity contribution in [2.75, 3.05) is 0 Å². The first-order chi connectivity index (χ1) is 7.24. The van der Waals surface area contributed by atoms with Crippen LogP contribution in [0.5, 0.6) is 5.75 Å². The molecule has 0 N–H and O–H groups in total. The van der Waals surface area contributed by atoms with E-state index in [1.807, 2.05) is 18.2 Å². The SMILES string of the molecule is Clc1cc(Cl)cc(OC2=CC[CH]C=C2)c1. The van der Waals surface area contributed by atoms with Gasteiger partial charge in [0.2, 0.25) is 0 Å². The molecule has 0 saturated carbocycles. The highest BCUT2D eigenvalue weighted by Gasteiger charge is 2.03. The van der Waals surface area contributed by atoms with Crippen molar-refractivity contribution >= 4 is 23.2 Å². The van der Waals surface area contributed by atoms with Gasteiger partial charge in [-0.05, 0) is 43.2 Å². The Kier molecular flexibility index (Phi) is 3.34. The molecule has 1 aliphatic carbocycles. The van der Waals surface area contributed by atoms with Crippen LogP contribution in [0.3, 0.4) is 0 Å². The third-order valence-corrected chi connectivity index (χ3v) is 2.36. The molecule has 0 spiro atoms. The monoisotopic (exact) mass is 239 g/mol. The molecule has 0 heterocycles. The van der Waals surface area contributed by atoms with Crippen LogP contribution in [0.15, 0.2) is 42.2 Å². The molecule has 2 rings (SSSR count). The summed E-state index contributed by atoms with van der Waals surface area (Å²) in [4.78, 5) is 0. The summed E-state index contributed by atoms with van der Waals surface area (Å²) in [5.41, 5.74) is 0. The van der Waals surface area contributed by atoms with Gasteiger partial charge in [-0.15, -0.1) is 0 Å². The van der Waals surface area contributed by atoms with Crippen molar-refractivity contribution in [1.82, 2.24) is 0 Å². The van der Waals surface area contributed by atoms with Gasteiger partial charge in [0.1, 0.15) is 11.5 Å². The fourth-order valence-electron chi connectivity index (χ4n) is 1.29. The summed E-state index contributed by atoms with van der Waals surface area (Å²) in [6.45, 7) is 0. The third-order valence-electron chi connectivity index (χ3n) is 1.92. The molecular weight excluding hydrogens is 231 g/mol. The van der Waals surface area contributed by atoms with E-state index in [1.54, 1.807) is 18.2 Å². The van der Waals surface area contributed by atoms with E-state index >= 15 is 0 Å². The first-order valence-electron chi connectivity index (χ1n) is 4.58. The molecule has 1 aliphatic rings. The molecule has 0 fully saturated rings. The Morgan fingerprint density at radius 1 is 1.07 bits per heavy atom. The van der Waals surface area contributed by atoms with Gasteiger partial charge in [0, 0.05) is 10.0 Å². The summed E-state index contributed by atoms with van der Waals surface area (Å²) in [6.07, 6.45) is 8.80. The lowest BCUT2D eigenvalue weighted by Crippen LogP contribution is -1.95. The number of halogens is 2. The predicted octanol–water partition coefficient (Wildman–Crippen LogP) is 4.42. The molecule has 1 nitrogen and oxygen atoms in total. The van der Waals surface area contributed by atoms with E-state index in [0.29, 0.717) is 15.8 Å². The second kappa shape index (κ2) is 4.73. The Balaban J connectivity index is 2.16. The molecule has 0 saturated heterocycles. The lowest BCUT2D eigenvalue weighted by atomic mass is 10.2. The summed E-state index contributed by atoms with van der Waals surface area (Å²) >= 11 is 11.7. The molecular formula is C12H9Cl2O. The molecule has 0 bridgehead atoms. The summed E-state index contributed by atoms with van der Waals surface area (Å²) in [6, 6.07) is 5.15. The van der Waals surface area contributed by atoms with Gasteiger partial charge in [0.25, 0.3) is 0 Å². The van der Waals surface area contributed by atoms with Crippen LogP contribution < -0.4 is 4.74 Å².